The molecule has 2 saturated heterocycles. The van der Waals surface area contributed by atoms with Gasteiger partial charge in [-0.2, -0.15) is 0 Å². The Hall–Kier alpha value is -2.79. The van der Waals surface area contributed by atoms with Crippen molar-refractivity contribution < 1.29 is 19.0 Å². The van der Waals surface area contributed by atoms with Gasteiger partial charge >= 0.3 is 5.97 Å². The van der Waals surface area contributed by atoms with E-state index in [0.717, 1.165) is 24.0 Å². The van der Waals surface area contributed by atoms with Crippen molar-refractivity contribution in [1.82, 2.24) is 4.90 Å². The van der Waals surface area contributed by atoms with E-state index >= 15 is 0 Å². The van der Waals surface area contributed by atoms with Gasteiger partial charge in [-0.1, -0.05) is 36.4 Å². The SMILES string of the molecule is COc1ccc(/C(=C\c2ccccc2)C(=O)OC2C[C@H]3CC[C@@H](C2)N3C)cc1OC. The summed E-state index contributed by atoms with van der Waals surface area (Å²) >= 11 is 0. The second-order valence-corrected chi connectivity index (χ2v) is 8.09. The Morgan fingerprint density at radius 3 is 2.27 bits per heavy atom. The molecule has 0 N–H and O–H groups in total. The summed E-state index contributed by atoms with van der Waals surface area (Å²) in [5, 5.41) is 0. The third kappa shape index (κ3) is 4.21. The third-order valence-electron chi connectivity index (χ3n) is 6.35. The van der Waals surface area contributed by atoms with Crippen LogP contribution in [0.1, 0.15) is 36.8 Å². The van der Waals surface area contributed by atoms with E-state index in [9.17, 15) is 4.79 Å². The first-order valence-corrected chi connectivity index (χ1v) is 10.5. The summed E-state index contributed by atoms with van der Waals surface area (Å²) < 4.78 is 16.8. The van der Waals surface area contributed by atoms with Gasteiger partial charge in [0.05, 0.1) is 19.8 Å². The smallest absolute Gasteiger partial charge is 0.339 e. The zero-order chi connectivity index (χ0) is 21.1. The second kappa shape index (κ2) is 8.92. The van der Waals surface area contributed by atoms with Gasteiger partial charge < -0.3 is 19.1 Å². The number of fused-ring (bicyclic) bond motifs is 2. The van der Waals surface area contributed by atoms with Crippen LogP contribution >= 0.6 is 0 Å². The molecule has 2 bridgehead atoms. The molecular weight excluding hydrogens is 378 g/mol. The Kier molecular flexibility index (Phi) is 6.09. The van der Waals surface area contributed by atoms with E-state index < -0.39 is 0 Å². The second-order valence-electron chi connectivity index (χ2n) is 8.09. The van der Waals surface area contributed by atoms with Crippen LogP contribution in [-0.4, -0.2) is 50.3 Å². The number of hydrogen-bond donors (Lipinski definition) is 0. The Bertz CT molecular complexity index is 910. The standard InChI is InChI=1S/C25H29NO4/c1-26-19-10-11-20(26)16-21(15-19)30-25(27)22(13-17-7-5-4-6-8-17)18-9-12-23(28-2)24(14-18)29-3/h4-9,12-14,19-21H,10-11,15-16H2,1-3H3/b22-13+/t19-,20+,21?. The number of piperidine rings is 1. The Morgan fingerprint density at radius 1 is 0.967 bits per heavy atom. The molecule has 158 valence electrons. The van der Waals surface area contributed by atoms with Gasteiger partial charge in [0.15, 0.2) is 11.5 Å². The summed E-state index contributed by atoms with van der Waals surface area (Å²) in [6, 6.07) is 16.4. The molecule has 2 aromatic rings. The molecule has 30 heavy (non-hydrogen) atoms. The van der Waals surface area contributed by atoms with Crippen LogP contribution < -0.4 is 9.47 Å². The number of ether oxygens (including phenoxy) is 3. The van der Waals surface area contributed by atoms with Crippen molar-refractivity contribution in [3.63, 3.8) is 0 Å². The van der Waals surface area contributed by atoms with Crippen molar-refractivity contribution in [1.29, 1.82) is 0 Å². The molecule has 2 aromatic carbocycles. The van der Waals surface area contributed by atoms with Gasteiger partial charge in [0, 0.05) is 24.9 Å². The van der Waals surface area contributed by atoms with Gasteiger partial charge in [-0.05, 0) is 49.2 Å². The molecule has 0 spiro atoms. The van der Waals surface area contributed by atoms with Crippen LogP contribution in [0, 0.1) is 0 Å². The Balaban J connectivity index is 1.62. The molecule has 0 aromatic heterocycles. The fourth-order valence-electron chi connectivity index (χ4n) is 4.65. The lowest BCUT2D eigenvalue weighted by Gasteiger charge is -2.35. The highest BCUT2D eigenvalue weighted by molar-refractivity contribution is 6.21. The molecule has 1 unspecified atom stereocenters. The summed E-state index contributed by atoms with van der Waals surface area (Å²) in [5.41, 5.74) is 2.22. The lowest BCUT2D eigenvalue weighted by atomic mass is 9.99. The van der Waals surface area contributed by atoms with Gasteiger partial charge in [0.2, 0.25) is 0 Å². The van der Waals surface area contributed by atoms with Crippen LogP contribution in [0.4, 0.5) is 0 Å². The van der Waals surface area contributed by atoms with Crippen LogP contribution in [0.5, 0.6) is 11.5 Å². The van der Waals surface area contributed by atoms with Crippen molar-refractivity contribution in [2.24, 2.45) is 0 Å². The first kappa shape index (κ1) is 20.5. The van der Waals surface area contributed by atoms with E-state index in [0.29, 0.717) is 29.2 Å². The maximum atomic E-state index is 13.3. The molecule has 0 aliphatic carbocycles. The molecule has 4 rings (SSSR count). The first-order valence-electron chi connectivity index (χ1n) is 10.5. The number of nitrogens with zero attached hydrogens (tertiary/aromatic N) is 1. The predicted molar refractivity (Wildman–Crippen MR) is 118 cm³/mol. The number of methoxy groups -OCH3 is 2. The highest BCUT2D eigenvalue weighted by Gasteiger charge is 2.40. The third-order valence-corrected chi connectivity index (χ3v) is 6.35. The number of hydrogen-bond acceptors (Lipinski definition) is 5. The zero-order valence-electron chi connectivity index (χ0n) is 17.8. The summed E-state index contributed by atoms with van der Waals surface area (Å²) in [6.07, 6.45) is 6.04. The van der Waals surface area contributed by atoms with Crippen molar-refractivity contribution in [2.45, 2.75) is 43.9 Å². The lowest BCUT2D eigenvalue weighted by Crippen LogP contribution is -2.43. The molecule has 2 heterocycles. The van der Waals surface area contributed by atoms with Gasteiger partial charge in [-0.15, -0.1) is 0 Å². The highest BCUT2D eigenvalue weighted by atomic mass is 16.5. The summed E-state index contributed by atoms with van der Waals surface area (Å²) in [4.78, 5) is 15.8. The average molecular weight is 408 g/mol. The molecule has 5 heteroatoms. The van der Waals surface area contributed by atoms with Crippen LogP contribution in [0.25, 0.3) is 11.6 Å². The van der Waals surface area contributed by atoms with Crippen molar-refractivity contribution in [2.75, 3.05) is 21.3 Å². The van der Waals surface area contributed by atoms with Gasteiger partial charge in [0.25, 0.3) is 0 Å². The minimum atomic E-state index is -0.292. The fourth-order valence-corrected chi connectivity index (χ4v) is 4.65. The van der Waals surface area contributed by atoms with Gasteiger partial charge in [-0.25, -0.2) is 4.79 Å². The number of carbonyl (C=O) groups excluding carboxylic acids is 1. The van der Waals surface area contributed by atoms with Crippen LogP contribution in [0.2, 0.25) is 0 Å². The van der Waals surface area contributed by atoms with Crippen LogP contribution in [0.3, 0.4) is 0 Å². The van der Waals surface area contributed by atoms with E-state index in [4.69, 9.17) is 14.2 Å². The predicted octanol–water partition coefficient (Wildman–Crippen LogP) is 4.41. The van der Waals surface area contributed by atoms with Crippen molar-refractivity contribution in [3.05, 3.63) is 59.7 Å². The minimum Gasteiger partial charge on any atom is -0.493 e. The van der Waals surface area contributed by atoms with E-state index in [1.807, 2.05) is 54.6 Å². The Morgan fingerprint density at radius 2 is 1.63 bits per heavy atom. The topological polar surface area (TPSA) is 48.0 Å². The van der Waals surface area contributed by atoms with Gasteiger partial charge in [-0.3, -0.25) is 0 Å². The molecule has 0 amide bonds. The highest BCUT2D eigenvalue weighted by Crippen LogP contribution is 2.37. The maximum absolute atomic E-state index is 13.3. The largest absolute Gasteiger partial charge is 0.493 e. The Labute approximate surface area is 178 Å². The molecule has 2 aliphatic rings. The number of rotatable bonds is 6. The van der Waals surface area contributed by atoms with Crippen LogP contribution in [-0.2, 0) is 9.53 Å². The molecule has 2 aliphatic heterocycles. The summed E-state index contributed by atoms with van der Waals surface area (Å²) in [7, 11) is 5.38. The molecule has 0 radical (unpaired) electrons. The zero-order valence-corrected chi connectivity index (χ0v) is 17.8. The molecule has 2 fully saturated rings. The number of carbonyl (C=O) groups is 1. The van der Waals surface area contributed by atoms with E-state index in [1.165, 1.54) is 12.8 Å². The fraction of sp³-hybridized carbons (Fsp3) is 0.400. The molecule has 3 atom stereocenters. The van der Waals surface area contributed by atoms with Crippen LogP contribution in [0.15, 0.2) is 48.5 Å². The molecule has 5 nitrogen and oxygen atoms in total. The quantitative estimate of drug-likeness (QED) is 0.403. The van der Waals surface area contributed by atoms with E-state index in [1.54, 1.807) is 14.2 Å². The molecule has 0 saturated carbocycles. The normalized spacial score (nSPS) is 23.8. The summed E-state index contributed by atoms with van der Waals surface area (Å²) in [6.45, 7) is 0. The number of benzene rings is 2. The minimum absolute atomic E-state index is 0.0366. The monoisotopic (exact) mass is 407 g/mol. The summed E-state index contributed by atoms with van der Waals surface area (Å²) in [5.74, 6) is 0.916. The van der Waals surface area contributed by atoms with Crippen molar-refractivity contribution in [3.8, 4) is 11.5 Å². The van der Waals surface area contributed by atoms with Gasteiger partial charge in [0.1, 0.15) is 6.10 Å². The molecular formula is C25H29NO4. The number of esters is 1. The van der Waals surface area contributed by atoms with E-state index in [2.05, 4.69) is 11.9 Å². The lowest BCUT2D eigenvalue weighted by molar-refractivity contribution is -0.144. The van der Waals surface area contributed by atoms with Crippen molar-refractivity contribution >= 4 is 17.6 Å². The average Bonchev–Trinajstić information content (AvgIpc) is 2.98. The van der Waals surface area contributed by atoms with E-state index in [-0.39, 0.29) is 12.1 Å². The maximum Gasteiger partial charge on any atom is 0.339 e. The first-order chi connectivity index (χ1) is 14.6.